The van der Waals surface area contributed by atoms with Gasteiger partial charge in [-0.1, -0.05) is 50.1 Å². The summed E-state index contributed by atoms with van der Waals surface area (Å²) in [5, 5.41) is 4.13. The third-order valence-electron chi connectivity index (χ3n) is 4.91. The largest absolute Gasteiger partial charge is 0.352 e. The lowest BCUT2D eigenvalue weighted by molar-refractivity contribution is -0.120. The van der Waals surface area contributed by atoms with Gasteiger partial charge >= 0.3 is 0 Å². The van der Waals surface area contributed by atoms with Gasteiger partial charge < -0.3 is 5.32 Å². The van der Waals surface area contributed by atoms with Crippen LogP contribution in [0.25, 0.3) is 10.9 Å². The minimum atomic E-state index is -0.281. The van der Waals surface area contributed by atoms with Gasteiger partial charge in [0, 0.05) is 12.6 Å². The molecule has 1 atom stereocenters. The quantitative estimate of drug-likeness (QED) is 0.593. The molecule has 3 rings (SSSR count). The molecule has 5 nitrogen and oxygen atoms in total. The first-order valence-electron chi connectivity index (χ1n) is 9.56. The molecule has 0 unspecified atom stereocenters. The summed E-state index contributed by atoms with van der Waals surface area (Å²) < 4.78 is 1.73. The van der Waals surface area contributed by atoms with E-state index in [1.165, 1.54) is 24.6 Å². The zero-order valence-electron chi connectivity index (χ0n) is 15.5. The van der Waals surface area contributed by atoms with E-state index in [2.05, 4.69) is 17.2 Å². The summed E-state index contributed by atoms with van der Waals surface area (Å²) in [6.45, 7) is 4.62. The van der Waals surface area contributed by atoms with Crippen LogP contribution >= 0.6 is 11.8 Å². The molecule has 0 bridgehead atoms. The highest BCUT2D eigenvalue weighted by atomic mass is 32.2. The van der Waals surface area contributed by atoms with E-state index in [9.17, 15) is 9.59 Å². The Kier molecular flexibility index (Phi) is 6.35. The van der Waals surface area contributed by atoms with Gasteiger partial charge in [0.05, 0.1) is 16.2 Å². The number of amides is 1. The Morgan fingerprint density at radius 2 is 2.08 bits per heavy atom. The van der Waals surface area contributed by atoms with Gasteiger partial charge in [0.2, 0.25) is 5.91 Å². The standard InChI is InChI=1S/C20H27N3O2S/c1-3-4-13-23-19(25)16-11-7-8-12-17(16)22-20(23)26-14(2)18(24)21-15-9-5-6-10-15/h7-8,11-12,14-15H,3-6,9-10,13H2,1-2H3,(H,21,24)/t14-/m0/s1. The van der Waals surface area contributed by atoms with E-state index < -0.39 is 0 Å². The second kappa shape index (κ2) is 8.71. The first kappa shape index (κ1) is 19.0. The molecule has 0 aliphatic heterocycles. The van der Waals surface area contributed by atoms with Crippen molar-refractivity contribution in [3.63, 3.8) is 0 Å². The summed E-state index contributed by atoms with van der Waals surface area (Å²) in [6.07, 6.45) is 6.43. The van der Waals surface area contributed by atoms with Crippen LogP contribution in [0.1, 0.15) is 52.4 Å². The molecular formula is C20H27N3O2S. The van der Waals surface area contributed by atoms with Crippen molar-refractivity contribution in [3.8, 4) is 0 Å². The van der Waals surface area contributed by atoms with E-state index in [0.717, 1.165) is 25.7 Å². The van der Waals surface area contributed by atoms with Crippen LogP contribution in [0.5, 0.6) is 0 Å². The number of nitrogens with one attached hydrogen (secondary N) is 1. The van der Waals surface area contributed by atoms with Crippen LogP contribution in [0.15, 0.2) is 34.2 Å². The van der Waals surface area contributed by atoms with Crippen molar-refractivity contribution in [2.45, 2.75) is 75.4 Å². The molecule has 1 N–H and O–H groups in total. The van der Waals surface area contributed by atoms with Gasteiger partial charge in [-0.15, -0.1) is 0 Å². The zero-order valence-corrected chi connectivity index (χ0v) is 16.3. The number of nitrogens with zero attached hydrogens (tertiary/aromatic N) is 2. The number of aromatic nitrogens is 2. The third-order valence-corrected chi connectivity index (χ3v) is 6.00. The summed E-state index contributed by atoms with van der Waals surface area (Å²) in [5.74, 6) is 0.0337. The average molecular weight is 374 g/mol. The predicted octanol–water partition coefficient (Wildman–Crippen LogP) is 3.74. The number of hydrogen-bond acceptors (Lipinski definition) is 4. The predicted molar refractivity (Wildman–Crippen MR) is 107 cm³/mol. The van der Waals surface area contributed by atoms with Crippen LogP contribution in [0.3, 0.4) is 0 Å². The number of unbranched alkanes of at least 4 members (excludes halogenated alkanes) is 1. The van der Waals surface area contributed by atoms with E-state index in [1.54, 1.807) is 4.57 Å². The first-order chi connectivity index (χ1) is 12.6. The number of fused-ring (bicyclic) bond motifs is 1. The van der Waals surface area contributed by atoms with Crippen LogP contribution in [-0.4, -0.2) is 26.8 Å². The smallest absolute Gasteiger partial charge is 0.262 e. The summed E-state index contributed by atoms with van der Waals surface area (Å²) in [4.78, 5) is 30.1. The van der Waals surface area contributed by atoms with Crippen molar-refractivity contribution in [2.75, 3.05) is 0 Å². The Hall–Kier alpha value is -1.82. The molecule has 1 aromatic heterocycles. The molecule has 1 fully saturated rings. The molecule has 0 saturated heterocycles. The Balaban J connectivity index is 1.84. The molecule has 140 valence electrons. The molecule has 1 aromatic carbocycles. The molecule has 2 aromatic rings. The maximum atomic E-state index is 12.9. The number of rotatable bonds is 7. The fraction of sp³-hybridized carbons (Fsp3) is 0.550. The summed E-state index contributed by atoms with van der Waals surface area (Å²) >= 11 is 1.38. The van der Waals surface area contributed by atoms with Crippen molar-refractivity contribution >= 4 is 28.6 Å². The zero-order chi connectivity index (χ0) is 18.5. The lowest BCUT2D eigenvalue weighted by Crippen LogP contribution is -2.38. The van der Waals surface area contributed by atoms with Gasteiger partial charge in [-0.05, 0) is 38.3 Å². The van der Waals surface area contributed by atoms with Crippen LogP contribution in [-0.2, 0) is 11.3 Å². The van der Waals surface area contributed by atoms with Crippen LogP contribution in [0, 0.1) is 0 Å². The SMILES string of the molecule is CCCCn1c(S[C@@H](C)C(=O)NC2CCCC2)nc2ccccc2c1=O. The number of carbonyl (C=O) groups is 1. The number of thioether (sulfide) groups is 1. The minimum absolute atomic E-state index is 0.0186. The Labute approximate surface area is 158 Å². The first-order valence-corrected chi connectivity index (χ1v) is 10.4. The number of benzene rings is 1. The van der Waals surface area contributed by atoms with Crippen molar-refractivity contribution in [2.24, 2.45) is 0 Å². The van der Waals surface area contributed by atoms with Gasteiger partial charge in [0.25, 0.3) is 5.56 Å². The molecule has 1 heterocycles. The number of carbonyl (C=O) groups excluding carboxylic acids is 1. The lowest BCUT2D eigenvalue weighted by atomic mass is 10.2. The van der Waals surface area contributed by atoms with E-state index in [0.29, 0.717) is 28.6 Å². The topological polar surface area (TPSA) is 64.0 Å². The van der Waals surface area contributed by atoms with Crippen molar-refractivity contribution in [3.05, 3.63) is 34.6 Å². The Morgan fingerprint density at radius 3 is 2.81 bits per heavy atom. The van der Waals surface area contributed by atoms with Gasteiger partial charge in [0.15, 0.2) is 5.16 Å². The summed E-state index contributed by atoms with van der Waals surface area (Å²) in [6, 6.07) is 7.72. The van der Waals surface area contributed by atoms with E-state index in [4.69, 9.17) is 0 Å². The van der Waals surface area contributed by atoms with Crippen LogP contribution in [0.2, 0.25) is 0 Å². The number of para-hydroxylation sites is 1. The normalized spacial score (nSPS) is 16.1. The molecule has 0 spiro atoms. The van der Waals surface area contributed by atoms with Gasteiger partial charge in [0.1, 0.15) is 0 Å². The van der Waals surface area contributed by atoms with Crippen molar-refractivity contribution < 1.29 is 4.79 Å². The van der Waals surface area contributed by atoms with E-state index in [-0.39, 0.29) is 16.7 Å². The summed E-state index contributed by atoms with van der Waals surface area (Å²) in [5.41, 5.74) is 0.672. The maximum Gasteiger partial charge on any atom is 0.262 e. The van der Waals surface area contributed by atoms with E-state index in [1.807, 2.05) is 31.2 Å². The minimum Gasteiger partial charge on any atom is -0.352 e. The molecule has 1 amide bonds. The molecule has 6 heteroatoms. The van der Waals surface area contributed by atoms with E-state index >= 15 is 0 Å². The second-order valence-corrected chi connectivity index (χ2v) is 8.28. The monoisotopic (exact) mass is 373 g/mol. The second-order valence-electron chi connectivity index (χ2n) is 6.97. The van der Waals surface area contributed by atoms with Crippen molar-refractivity contribution in [1.29, 1.82) is 0 Å². The molecule has 1 saturated carbocycles. The fourth-order valence-electron chi connectivity index (χ4n) is 3.35. The van der Waals surface area contributed by atoms with Crippen LogP contribution < -0.4 is 10.9 Å². The highest BCUT2D eigenvalue weighted by molar-refractivity contribution is 8.00. The van der Waals surface area contributed by atoms with Gasteiger partial charge in [-0.25, -0.2) is 4.98 Å². The van der Waals surface area contributed by atoms with Crippen LogP contribution in [0.4, 0.5) is 0 Å². The lowest BCUT2D eigenvalue weighted by Gasteiger charge is -2.18. The van der Waals surface area contributed by atoms with Gasteiger partial charge in [-0.2, -0.15) is 0 Å². The maximum absolute atomic E-state index is 12.9. The number of hydrogen-bond donors (Lipinski definition) is 1. The fourth-order valence-corrected chi connectivity index (χ4v) is 4.30. The highest BCUT2D eigenvalue weighted by Gasteiger charge is 2.23. The van der Waals surface area contributed by atoms with Gasteiger partial charge in [-0.3, -0.25) is 14.2 Å². The molecule has 0 radical (unpaired) electrons. The Morgan fingerprint density at radius 1 is 1.35 bits per heavy atom. The highest BCUT2D eigenvalue weighted by Crippen LogP contribution is 2.24. The molecule has 1 aliphatic rings. The Bertz CT molecular complexity index is 827. The van der Waals surface area contributed by atoms with Crippen molar-refractivity contribution in [1.82, 2.24) is 14.9 Å². The molecule has 26 heavy (non-hydrogen) atoms. The molecular weight excluding hydrogens is 346 g/mol. The third kappa shape index (κ3) is 4.29. The molecule has 1 aliphatic carbocycles. The average Bonchev–Trinajstić information content (AvgIpc) is 3.14. The summed E-state index contributed by atoms with van der Waals surface area (Å²) in [7, 11) is 0.